The minimum absolute atomic E-state index is 0.190. The van der Waals surface area contributed by atoms with E-state index in [0.29, 0.717) is 46.1 Å². The predicted octanol–water partition coefficient (Wildman–Crippen LogP) is -7.04. The molecular formula is C20H15B10N. The Kier molecular flexibility index (Phi) is 7.88. The number of nitrogens with zero attached hydrogens (tertiary/aromatic N) is 1. The molecule has 130 valence electrons. The third-order valence-corrected chi connectivity index (χ3v) is 6.44. The SMILES string of the molecule is [B]c1c([B])c([B])c(CN(Cc2c([B])c([B])c([B])c([B])c2[B])C2CCCCC2)c([B])c1[B]. The van der Waals surface area contributed by atoms with E-state index in [4.69, 9.17) is 78.5 Å². The summed E-state index contributed by atoms with van der Waals surface area (Å²) >= 11 is 0. The van der Waals surface area contributed by atoms with Crippen LogP contribution in [0.2, 0.25) is 0 Å². The van der Waals surface area contributed by atoms with Crippen molar-refractivity contribution in [1.29, 1.82) is 0 Å². The number of hydrogen-bond donors (Lipinski definition) is 0. The summed E-state index contributed by atoms with van der Waals surface area (Å²) in [5, 5.41) is 0. The van der Waals surface area contributed by atoms with E-state index >= 15 is 0 Å². The number of hydrogen-bond acceptors (Lipinski definition) is 1. The van der Waals surface area contributed by atoms with Crippen molar-refractivity contribution in [3.8, 4) is 0 Å². The van der Waals surface area contributed by atoms with E-state index in [2.05, 4.69) is 4.90 Å². The maximum atomic E-state index is 6.28. The van der Waals surface area contributed by atoms with Gasteiger partial charge in [-0.05, 0) is 24.0 Å². The van der Waals surface area contributed by atoms with Crippen LogP contribution in [0.15, 0.2) is 0 Å². The van der Waals surface area contributed by atoms with Gasteiger partial charge in [0.1, 0.15) is 78.5 Å². The first-order chi connectivity index (χ1) is 14.6. The highest BCUT2D eigenvalue weighted by Gasteiger charge is 2.25. The van der Waals surface area contributed by atoms with Crippen molar-refractivity contribution < 1.29 is 0 Å². The van der Waals surface area contributed by atoms with Gasteiger partial charge in [-0.25, -0.2) is 0 Å². The molecule has 20 radical (unpaired) electrons. The summed E-state index contributed by atoms with van der Waals surface area (Å²) in [6.07, 6.45) is 5.46. The van der Waals surface area contributed by atoms with E-state index in [1.807, 2.05) is 0 Å². The smallest absolute Gasteiger partial charge is 0.113 e. The first kappa shape index (κ1) is 24.7. The van der Waals surface area contributed by atoms with Gasteiger partial charge in [-0.15, -0.1) is 54.6 Å². The van der Waals surface area contributed by atoms with Crippen LogP contribution < -0.4 is 54.6 Å². The normalized spacial score (nSPS) is 14.9. The maximum absolute atomic E-state index is 6.28. The molecule has 31 heavy (non-hydrogen) atoms. The van der Waals surface area contributed by atoms with E-state index in [0.717, 1.165) is 25.7 Å². The molecule has 1 aliphatic carbocycles. The molecule has 0 heterocycles. The van der Waals surface area contributed by atoms with Crippen LogP contribution in [0.25, 0.3) is 0 Å². The van der Waals surface area contributed by atoms with Crippen LogP contribution in [-0.2, 0) is 13.1 Å². The Labute approximate surface area is 200 Å². The maximum Gasteiger partial charge on any atom is 0.113 e. The second-order valence-electron chi connectivity index (χ2n) is 8.29. The second-order valence-corrected chi connectivity index (χ2v) is 8.29. The Morgan fingerprint density at radius 2 is 0.742 bits per heavy atom. The largest absolute Gasteiger partial charge is 0.292 e. The van der Waals surface area contributed by atoms with Crippen molar-refractivity contribution in [1.82, 2.24) is 4.90 Å². The molecule has 1 nitrogen and oxygen atoms in total. The zero-order valence-corrected chi connectivity index (χ0v) is 17.7. The Hall–Kier alpha value is -0.951. The summed E-state index contributed by atoms with van der Waals surface area (Å²) in [6, 6.07) is 0.256. The molecule has 0 amide bonds. The van der Waals surface area contributed by atoms with E-state index < -0.39 is 0 Å². The lowest BCUT2D eigenvalue weighted by atomic mass is 9.60. The lowest BCUT2D eigenvalue weighted by molar-refractivity contribution is 0.141. The van der Waals surface area contributed by atoms with Gasteiger partial charge in [-0.1, -0.05) is 19.3 Å². The van der Waals surface area contributed by atoms with Gasteiger partial charge in [0.25, 0.3) is 0 Å². The van der Waals surface area contributed by atoms with Crippen LogP contribution in [0, 0.1) is 0 Å². The first-order valence-electron chi connectivity index (χ1n) is 10.3. The molecule has 2 aromatic rings. The molecule has 1 fully saturated rings. The second kappa shape index (κ2) is 9.90. The number of rotatable bonds is 5. The van der Waals surface area contributed by atoms with E-state index in [9.17, 15) is 0 Å². The van der Waals surface area contributed by atoms with Gasteiger partial charge in [0, 0.05) is 19.1 Å². The van der Waals surface area contributed by atoms with Crippen LogP contribution in [0.3, 0.4) is 0 Å². The van der Waals surface area contributed by atoms with Gasteiger partial charge in [0.05, 0.1) is 0 Å². The third-order valence-electron chi connectivity index (χ3n) is 6.44. The fourth-order valence-corrected chi connectivity index (χ4v) is 4.32. The predicted molar refractivity (Wildman–Crippen MR) is 143 cm³/mol. The molecule has 0 saturated heterocycles. The monoisotopic (exact) mass is 379 g/mol. The summed E-state index contributed by atoms with van der Waals surface area (Å²) in [7, 11) is 61.3. The summed E-state index contributed by atoms with van der Waals surface area (Å²) < 4.78 is 0. The van der Waals surface area contributed by atoms with E-state index in [-0.39, 0.29) is 38.8 Å². The van der Waals surface area contributed by atoms with Gasteiger partial charge in [-0.3, -0.25) is 4.90 Å². The van der Waals surface area contributed by atoms with Crippen molar-refractivity contribution in [3.05, 3.63) is 11.1 Å². The molecule has 0 unspecified atom stereocenters. The van der Waals surface area contributed by atoms with Gasteiger partial charge in [-0.2, -0.15) is 0 Å². The molecular weight excluding hydrogens is 362 g/mol. The molecule has 2 aromatic carbocycles. The number of benzene rings is 2. The summed E-state index contributed by atoms with van der Waals surface area (Å²) in [5.41, 5.74) is 3.83. The summed E-state index contributed by atoms with van der Waals surface area (Å²) in [5.74, 6) is 0. The molecule has 0 N–H and O–H groups in total. The van der Waals surface area contributed by atoms with Crippen molar-refractivity contribution in [3.63, 3.8) is 0 Å². The van der Waals surface area contributed by atoms with Gasteiger partial charge in [0.15, 0.2) is 0 Å². The Bertz CT molecular complexity index is 871. The van der Waals surface area contributed by atoms with Crippen LogP contribution in [-0.4, -0.2) is 89.4 Å². The highest BCUT2D eigenvalue weighted by atomic mass is 15.2. The third kappa shape index (κ3) is 4.73. The lowest BCUT2D eigenvalue weighted by Gasteiger charge is -2.37. The van der Waals surface area contributed by atoms with Crippen LogP contribution in [0.1, 0.15) is 43.2 Å². The average Bonchev–Trinajstić information content (AvgIpc) is 2.78. The van der Waals surface area contributed by atoms with Gasteiger partial charge in [0.2, 0.25) is 0 Å². The minimum atomic E-state index is 0.190. The van der Waals surface area contributed by atoms with Crippen molar-refractivity contribution in [2.75, 3.05) is 0 Å². The van der Waals surface area contributed by atoms with E-state index in [1.54, 1.807) is 0 Å². The van der Waals surface area contributed by atoms with E-state index in [1.165, 1.54) is 6.42 Å². The zero-order chi connectivity index (χ0) is 23.0. The molecule has 0 atom stereocenters. The molecule has 1 aliphatic rings. The molecule has 0 bridgehead atoms. The lowest BCUT2D eigenvalue weighted by Crippen LogP contribution is -2.58. The molecule has 0 aromatic heterocycles. The molecule has 0 spiro atoms. The molecule has 1 saturated carbocycles. The topological polar surface area (TPSA) is 3.24 Å². The fraction of sp³-hybridized carbons (Fsp3) is 0.400. The van der Waals surface area contributed by atoms with Crippen molar-refractivity contribution in [2.45, 2.75) is 51.2 Å². The minimum Gasteiger partial charge on any atom is -0.292 e. The highest BCUT2D eigenvalue weighted by molar-refractivity contribution is 6.68. The van der Waals surface area contributed by atoms with Crippen LogP contribution >= 0.6 is 0 Å². The van der Waals surface area contributed by atoms with Crippen molar-refractivity contribution >= 4 is 133 Å². The summed E-state index contributed by atoms with van der Waals surface area (Å²) in [4.78, 5) is 2.22. The van der Waals surface area contributed by atoms with Crippen LogP contribution in [0.5, 0.6) is 0 Å². The summed E-state index contributed by atoms with van der Waals surface area (Å²) in [6.45, 7) is 0.778. The average molecular weight is 377 g/mol. The first-order valence-corrected chi connectivity index (χ1v) is 10.3. The Balaban J connectivity index is 2.06. The van der Waals surface area contributed by atoms with Gasteiger partial charge < -0.3 is 0 Å². The Morgan fingerprint density at radius 1 is 0.452 bits per heavy atom. The molecule has 11 heteroatoms. The van der Waals surface area contributed by atoms with Crippen molar-refractivity contribution in [2.24, 2.45) is 0 Å². The van der Waals surface area contributed by atoms with Crippen LogP contribution in [0.4, 0.5) is 0 Å². The quantitative estimate of drug-likeness (QED) is 0.468. The van der Waals surface area contributed by atoms with Gasteiger partial charge >= 0.3 is 0 Å². The highest BCUT2D eigenvalue weighted by Crippen LogP contribution is 2.24. The Morgan fingerprint density at radius 3 is 1.06 bits per heavy atom. The molecule has 0 aliphatic heterocycles. The fourth-order valence-electron chi connectivity index (χ4n) is 4.32. The zero-order valence-electron chi connectivity index (χ0n) is 17.7. The molecule has 3 rings (SSSR count). The standard InChI is InChI=1S/C20H15B10N/c21-11-9(12(22)16(26)19(29)15(11)25)6-31(8-4-2-1-3-5-8)7-10-13(23)17(27)20(30)18(28)14(10)24/h8H,1-7H2.